The van der Waals surface area contributed by atoms with Gasteiger partial charge < -0.3 is 9.15 Å². The summed E-state index contributed by atoms with van der Waals surface area (Å²) in [6.45, 7) is 1.76. The van der Waals surface area contributed by atoms with Crippen LogP contribution in [0.25, 0.3) is 11.0 Å². The minimum absolute atomic E-state index is 0.0260. The highest BCUT2D eigenvalue weighted by atomic mass is 35.5. The van der Waals surface area contributed by atoms with Crippen molar-refractivity contribution in [3.8, 4) is 5.75 Å². The van der Waals surface area contributed by atoms with Gasteiger partial charge in [0.05, 0.1) is 10.5 Å². The Kier molecular flexibility index (Phi) is 4.24. The van der Waals surface area contributed by atoms with Gasteiger partial charge in [-0.1, -0.05) is 11.6 Å². The molecular formula is C17H10ClNO6. The Bertz CT molecular complexity index is 1070. The van der Waals surface area contributed by atoms with Crippen LogP contribution in [0.2, 0.25) is 5.02 Å². The molecule has 126 valence electrons. The largest absolute Gasteiger partial charge is 0.423 e. The predicted molar refractivity (Wildman–Crippen MR) is 90.3 cm³/mol. The number of fused-ring (bicyclic) bond motifs is 1. The fourth-order valence-corrected chi connectivity index (χ4v) is 2.50. The molecule has 0 amide bonds. The van der Waals surface area contributed by atoms with E-state index in [2.05, 4.69) is 0 Å². The molecule has 0 atom stereocenters. The molecule has 3 rings (SSSR count). The maximum absolute atomic E-state index is 12.2. The van der Waals surface area contributed by atoms with E-state index in [4.69, 9.17) is 20.8 Å². The highest BCUT2D eigenvalue weighted by molar-refractivity contribution is 6.32. The number of hydrogen-bond acceptors (Lipinski definition) is 6. The number of benzene rings is 2. The number of halogens is 1. The quantitative estimate of drug-likeness (QED) is 0.231. The number of ether oxygens (including phenoxy) is 1. The maximum Gasteiger partial charge on any atom is 0.343 e. The van der Waals surface area contributed by atoms with Gasteiger partial charge in [-0.15, -0.1) is 0 Å². The summed E-state index contributed by atoms with van der Waals surface area (Å²) in [5.41, 5.74) is 0.0785. The van der Waals surface area contributed by atoms with Gasteiger partial charge in [0.25, 0.3) is 5.69 Å². The first-order chi connectivity index (χ1) is 11.8. The van der Waals surface area contributed by atoms with Crippen LogP contribution in [0.1, 0.15) is 15.9 Å². The third-order valence-corrected chi connectivity index (χ3v) is 3.83. The molecule has 7 nitrogen and oxygen atoms in total. The second kappa shape index (κ2) is 6.37. The highest BCUT2D eigenvalue weighted by Gasteiger charge is 2.18. The van der Waals surface area contributed by atoms with Crippen LogP contribution in [0.15, 0.2) is 51.7 Å². The number of carbonyl (C=O) groups is 1. The van der Waals surface area contributed by atoms with Gasteiger partial charge in [0, 0.05) is 23.6 Å². The lowest BCUT2D eigenvalue weighted by atomic mass is 10.1. The van der Waals surface area contributed by atoms with Crippen molar-refractivity contribution >= 4 is 34.2 Å². The minimum Gasteiger partial charge on any atom is -0.423 e. The molecule has 25 heavy (non-hydrogen) atoms. The minimum atomic E-state index is -0.797. The normalized spacial score (nSPS) is 10.6. The molecule has 1 aromatic heterocycles. The number of carbonyl (C=O) groups excluding carboxylic acids is 1. The van der Waals surface area contributed by atoms with E-state index in [0.29, 0.717) is 5.39 Å². The van der Waals surface area contributed by atoms with Crippen LogP contribution in [0, 0.1) is 17.0 Å². The number of nitro groups is 1. The monoisotopic (exact) mass is 359 g/mol. The number of hydrogen-bond donors (Lipinski definition) is 0. The average molecular weight is 360 g/mol. The van der Waals surface area contributed by atoms with Crippen molar-refractivity contribution in [3.05, 3.63) is 79.1 Å². The molecule has 0 aliphatic heterocycles. The fraction of sp³-hybridized carbons (Fsp3) is 0.0588. The van der Waals surface area contributed by atoms with Gasteiger partial charge in [-0.05, 0) is 36.8 Å². The fourth-order valence-electron chi connectivity index (χ4n) is 2.31. The Labute approximate surface area is 145 Å². The molecule has 8 heteroatoms. The lowest BCUT2D eigenvalue weighted by molar-refractivity contribution is -0.384. The molecule has 0 radical (unpaired) electrons. The number of aryl methyl sites for hydroxylation is 1. The number of nitrogens with zero attached hydrogens (tertiary/aromatic N) is 1. The van der Waals surface area contributed by atoms with Crippen LogP contribution < -0.4 is 10.4 Å². The van der Waals surface area contributed by atoms with Crippen LogP contribution >= 0.6 is 11.6 Å². The van der Waals surface area contributed by atoms with Gasteiger partial charge in [-0.3, -0.25) is 10.1 Å². The molecule has 0 saturated carbocycles. The lowest BCUT2D eigenvalue weighted by Gasteiger charge is -2.06. The third-order valence-electron chi connectivity index (χ3n) is 3.51. The molecule has 2 aromatic carbocycles. The number of nitro benzene ring substituents is 1. The second-order valence-electron chi connectivity index (χ2n) is 5.22. The van der Waals surface area contributed by atoms with Crippen LogP contribution in [-0.2, 0) is 0 Å². The molecule has 3 aromatic rings. The summed E-state index contributed by atoms with van der Waals surface area (Å²) < 4.78 is 10.3. The van der Waals surface area contributed by atoms with Gasteiger partial charge in [0.2, 0.25) is 0 Å². The molecule has 0 spiro atoms. The summed E-state index contributed by atoms with van der Waals surface area (Å²) in [5.74, 6) is -0.655. The van der Waals surface area contributed by atoms with Crippen LogP contribution in [-0.4, -0.2) is 10.9 Å². The molecule has 0 N–H and O–H groups in total. The van der Waals surface area contributed by atoms with Crippen molar-refractivity contribution in [1.82, 2.24) is 0 Å². The van der Waals surface area contributed by atoms with E-state index in [0.717, 1.165) is 11.6 Å². The summed E-state index contributed by atoms with van der Waals surface area (Å²) in [7, 11) is 0. The predicted octanol–water partition coefficient (Wildman–Crippen LogP) is 3.88. The van der Waals surface area contributed by atoms with E-state index >= 15 is 0 Å². The topological polar surface area (TPSA) is 99.7 Å². The van der Waals surface area contributed by atoms with Crippen molar-refractivity contribution in [2.24, 2.45) is 0 Å². The van der Waals surface area contributed by atoms with Gasteiger partial charge in [0.1, 0.15) is 16.4 Å². The molecule has 0 saturated heterocycles. The molecular weight excluding hydrogens is 350 g/mol. The first-order valence-corrected chi connectivity index (χ1v) is 7.43. The Hall–Kier alpha value is -3.19. The van der Waals surface area contributed by atoms with E-state index in [1.165, 1.54) is 30.3 Å². The van der Waals surface area contributed by atoms with Crippen molar-refractivity contribution < 1.29 is 18.9 Å². The zero-order chi connectivity index (χ0) is 18.1. The molecule has 0 bridgehead atoms. The lowest BCUT2D eigenvalue weighted by Crippen LogP contribution is -2.09. The van der Waals surface area contributed by atoms with Gasteiger partial charge in [0.15, 0.2) is 0 Å². The Balaban J connectivity index is 1.93. The van der Waals surface area contributed by atoms with Crippen molar-refractivity contribution in [1.29, 1.82) is 0 Å². The van der Waals surface area contributed by atoms with E-state index in [1.807, 2.05) is 0 Å². The van der Waals surface area contributed by atoms with Crippen LogP contribution in [0.4, 0.5) is 5.69 Å². The second-order valence-corrected chi connectivity index (χ2v) is 5.63. The molecule has 0 fully saturated rings. The van der Waals surface area contributed by atoms with Crippen LogP contribution in [0.3, 0.4) is 0 Å². The summed E-state index contributed by atoms with van der Waals surface area (Å²) >= 11 is 5.72. The van der Waals surface area contributed by atoms with Crippen molar-refractivity contribution in [3.63, 3.8) is 0 Å². The molecule has 0 unspecified atom stereocenters. The average Bonchev–Trinajstić information content (AvgIpc) is 2.54. The van der Waals surface area contributed by atoms with Crippen molar-refractivity contribution in [2.45, 2.75) is 6.92 Å². The molecule has 0 aliphatic rings. The first-order valence-electron chi connectivity index (χ1n) is 7.06. The van der Waals surface area contributed by atoms with E-state index in [-0.39, 0.29) is 21.9 Å². The van der Waals surface area contributed by atoms with Gasteiger partial charge >= 0.3 is 11.6 Å². The zero-order valence-corrected chi connectivity index (χ0v) is 13.6. The molecule has 1 heterocycles. The summed E-state index contributed by atoms with van der Waals surface area (Å²) in [6.07, 6.45) is 0. The van der Waals surface area contributed by atoms with Gasteiger partial charge in [-0.2, -0.15) is 0 Å². The standard InChI is InChI=1S/C17H10ClNO6/c1-9-6-16(20)25-15-8-11(3-4-12(9)15)24-17(21)10-2-5-13(18)14(7-10)19(22)23/h2-8H,1H3. The molecule has 0 aliphatic carbocycles. The van der Waals surface area contributed by atoms with Gasteiger partial charge in [-0.25, -0.2) is 9.59 Å². The Morgan fingerprint density at radius 3 is 2.68 bits per heavy atom. The summed E-state index contributed by atoms with van der Waals surface area (Å²) in [4.78, 5) is 33.8. The summed E-state index contributed by atoms with van der Waals surface area (Å²) in [5, 5.41) is 11.5. The van der Waals surface area contributed by atoms with Crippen LogP contribution in [0.5, 0.6) is 5.75 Å². The summed E-state index contributed by atoms with van der Waals surface area (Å²) in [6, 6.07) is 9.57. The number of rotatable bonds is 3. The Morgan fingerprint density at radius 2 is 1.96 bits per heavy atom. The zero-order valence-electron chi connectivity index (χ0n) is 12.8. The van der Waals surface area contributed by atoms with E-state index in [1.54, 1.807) is 13.0 Å². The SMILES string of the molecule is Cc1cc(=O)oc2cc(OC(=O)c3ccc(Cl)c([N+](=O)[O-])c3)ccc12. The first kappa shape index (κ1) is 16.7. The maximum atomic E-state index is 12.2. The van der Waals surface area contributed by atoms with Crippen molar-refractivity contribution in [2.75, 3.05) is 0 Å². The van der Waals surface area contributed by atoms with E-state index in [9.17, 15) is 19.7 Å². The van der Waals surface area contributed by atoms with E-state index < -0.39 is 22.2 Å². The smallest absolute Gasteiger partial charge is 0.343 e. The highest BCUT2D eigenvalue weighted by Crippen LogP contribution is 2.27. The Morgan fingerprint density at radius 1 is 1.20 bits per heavy atom. The number of esters is 1. The third kappa shape index (κ3) is 3.36.